The molecule has 2 heterocycles. The summed E-state index contributed by atoms with van der Waals surface area (Å²) in [7, 11) is 0. The lowest BCUT2D eigenvalue weighted by Gasteiger charge is -2.20. The summed E-state index contributed by atoms with van der Waals surface area (Å²) in [6.07, 6.45) is 1.72. The number of nitrogens with zero attached hydrogens (tertiary/aromatic N) is 2. The number of carbonyl (C=O) groups excluding carboxylic acids is 1. The van der Waals surface area contributed by atoms with Gasteiger partial charge in [-0.2, -0.15) is 5.10 Å². The van der Waals surface area contributed by atoms with Crippen molar-refractivity contribution >= 4 is 39.7 Å². The lowest BCUT2D eigenvalue weighted by atomic mass is 10.1. The van der Waals surface area contributed by atoms with Crippen LogP contribution in [0.25, 0.3) is 10.9 Å². The first-order chi connectivity index (χ1) is 10.2. The van der Waals surface area contributed by atoms with E-state index in [1.165, 1.54) is 11.3 Å². The quantitative estimate of drug-likeness (QED) is 0.791. The molecular weight excluding hydrogens is 306 g/mol. The van der Waals surface area contributed by atoms with Crippen LogP contribution in [0.4, 0.5) is 0 Å². The molecule has 21 heavy (non-hydrogen) atoms. The molecule has 0 saturated heterocycles. The predicted molar refractivity (Wildman–Crippen MR) is 85.8 cm³/mol. The highest BCUT2D eigenvalue weighted by molar-refractivity contribution is 7.16. The van der Waals surface area contributed by atoms with E-state index in [1.807, 2.05) is 37.3 Å². The largest absolute Gasteiger partial charge is 0.334 e. The minimum absolute atomic E-state index is 0.00290. The molecule has 0 aliphatic heterocycles. The number of carbonyl (C=O) groups is 1. The van der Waals surface area contributed by atoms with E-state index in [2.05, 4.69) is 10.2 Å². The Labute approximate surface area is 131 Å². The summed E-state index contributed by atoms with van der Waals surface area (Å²) in [5.41, 5.74) is 1.43. The summed E-state index contributed by atoms with van der Waals surface area (Å²) in [6.45, 7) is 3.18. The highest BCUT2D eigenvalue weighted by Crippen LogP contribution is 2.24. The number of amides is 1. The van der Waals surface area contributed by atoms with Crippen LogP contribution in [0.5, 0.6) is 0 Å². The van der Waals surface area contributed by atoms with Crippen molar-refractivity contribution < 1.29 is 4.79 Å². The van der Waals surface area contributed by atoms with Crippen molar-refractivity contribution in [2.75, 3.05) is 6.54 Å². The zero-order valence-electron chi connectivity index (χ0n) is 11.5. The Morgan fingerprint density at radius 3 is 2.95 bits per heavy atom. The molecule has 1 N–H and O–H groups in total. The van der Waals surface area contributed by atoms with E-state index in [9.17, 15) is 4.79 Å². The molecule has 0 atom stereocenters. The normalized spacial score (nSPS) is 11.0. The predicted octanol–water partition coefficient (Wildman–Crippen LogP) is 3.94. The van der Waals surface area contributed by atoms with Crippen LogP contribution < -0.4 is 0 Å². The van der Waals surface area contributed by atoms with Crippen LogP contribution in [0, 0.1) is 0 Å². The van der Waals surface area contributed by atoms with E-state index < -0.39 is 0 Å². The average molecular weight is 320 g/mol. The Morgan fingerprint density at radius 1 is 1.38 bits per heavy atom. The van der Waals surface area contributed by atoms with E-state index >= 15 is 0 Å². The number of benzene rings is 1. The van der Waals surface area contributed by atoms with Crippen molar-refractivity contribution in [2.24, 2.45) is 0 Å². The summed E-state index contributed by atoms with van der Waals surface area (Å²) in [5.74, 6) is -0.00290. The number of rotatable bonds is 4. The summed E-state index contributed by atoms with van der Waals surface area (Å²) in [6, 6.07) is 9.45. The zero-order valence-corrected chi connectivity index (χ0v) is 13.0. The van der Waals surface area contributed by atoms with Gasteiger partial charge in [0.25, 0.3) is 5.91 Å². The van der Waals surface area contributed by atoms with E-state index in [1.54, 1.807) is 11.1 Å². The zero-order chi connectivity index (χ0) is 14.8. The third-order valence-corrected chi connectivity index (χ3v) is 4.57. The highest BCUT2D eigenvalue weighted by atomic mass is 35.5. The molecule has 3 aromatic rings. The van der Waals surface area contributed by atoms with Crippen LogP contribution in [-0.2, 0) is 6.54 Å². The van der Waals surface area contributed by atoms with Gasteiger partial charge in [0.1, 0.15) is 0 Å². The molecule has 0 saturated carbocycles. The molecule has 2 aromatic heterocycles. The van der Waals surface area contributed by atoms with Gasteiger partial charge in [0.15, 0.2) is 0 Å². The van der Waals surface area contributed by atoms with Gasteiger partial charge in [0.05, 0.1) is 28.2 Å². The summed E-state index contributed by atoms with van der Waals surface area (Å²) >= 11 is 7.45. The Morgan fingerprint density at radius 2 is 2.24 bits per heavy atom. The fourth-order valence-corrected chi connectivity index (χ4v) is 3.37. The average Bonchev–Trinajstić information content (AvgIpc) is 3.12. The summed E-state index contributed by atoms with van der Waals surface area (Å²) < 4.78 is 0.740. The first kappa shape index (κ1) is 14.1. The first-order valence-electron chi connectivity index (χ1n) is 6.64. The molecule has 3 rings (SSSR count). The molecule has 1 amide bonds. The fourth-order valence-electron chi connectivity index (χ4n) is 2.27. The Bertz CT molecular complexity index is 780. The Kier molecular flexibility index (Phi) is 3.94. The number of thiophene rings is 1. The van der Waals surface area contributed by atoms with E-state index in [4.69, 9.17) is 11.6 Å². The summed E-state index contributed by atoms with van der Waals surface area (Å²) in [5, 5.41) is 7.85. The van der Waals surface area contributed by atoms with Gasteiger partial charge in [0.2, 0.25) is 0 Å². The summed E-state index contributed by atoms with van der Waals surface area (Å²) in [4.78, 5) is 15.6. The molecule has 1 aromatic carbocycles. The van der Waals surface area contributed by atoms with Gasteiger partial charge in [-0.15, -0.1) is 11.3 Å². The van der Waals surface area contributed by atoms with Crippen LogP contribution in [0.1, 0.15) is 22.2 Å². The van der Waals surface area contributed by atoms with Crippen LogP contribution >= 0.6 is 22.9 Å². The second-order valence-corrected chi connectivity index (χ2v) is 6.46. The van der Waals surface area contributed by atoms with Gasteiger partial charge in [-0.1, -0.05) is 23.7 Å². The lowest BCUT2D eigenvalue weighted by molar-refractivity contribution is 0.0756. The number of para-hydroxylation sites is 1. The third-order valence-electron chi connectivity index (χ3n) is 3.35. The lowest BCUT2D eigenvalue weighted by Crippen LogP contribution is -2.30. The number of hydrogen-bond acceptors (Lipinski definition) is 3. The Balaban J connectivity index is 1.90. The first-order valence-corrected chi connectivity index (χ1v) is 7.84. The maximum Gasteiger partial charge on any atom is 0.256 e. The molecule has 4 nitrogen and oxygen atoms in total. The fraction of sp³-hybridized carbons (Fsp3) is 0.200. The Hall–Kier alpha value is -1.85. The smallest absolute Gasteiger partial charge is 0.256 e. The minimum atomic E-state index is -0.00290. The molecular formula is C15H14ClN3OS. The van der Waals surface area contributed by atoms with Gasteiger partial charge in [-0.05, 0) is 25.1 Å². The van der Waals surface area contributed by atoms with Crippen molar-refractivity contribution in [1.82, 2.24) is 15.1 Å². The van der Waals surface area contributed by atoms with Gasteiger partial charge in [-0.3, -0.25) is 9.89 Å². The van der Waals surface area contributed by atoms with Crippen LogP contribution in [-0.4, -0.2) is 27.5 Å². The molecule has 108 valence electrons. The molecule has 0 bridgehead atoms. The maximum absolute atomic E-state index is 12.7. The number of aromatic amines is 1. The van der Waals surface area contributed by atoms with Crippen molar-refractivity contribution in [3.63, 3.8) is 0 Å². The van der Waals surface area contributed by atoms with Crippen LogP contribution in [0.3, 0.4) is 0 Å². The molecule has 0 aliphatic rings. The van der Waals surface area contributed by atoms with E-state index in [0.717, 1.165) is 20.1 Å². The van der Waals surface area contributed by atoms with Gasteiger partial charge in [-0.25, -0.2) is 0 Å². The number of H-pyrrole nitrogens is 1. The molecule has 6 heteroatoms. The molecule has 0 unspecified atom stereocenters. The standard InChI is InChI=1S/C15H14ClN3OS/c1-2-19(9-11-6-7-13(16)21-11)15(20)12-5-3-4-10-8-17-18-14(10)12/h3-8H,2,9H2,1H3,(H,17,18). The number of aromatic nitrogens is 2. The van der Waals surface area contributed by atoms with E-state index in [-0.39, 0.29) is 5.91 Å². The van der Waals surface area contributed by atoms with Gasteiger partial charge >= 0.3 is 0 Å². The SMILES string of the molecule is CCN(Cc1ccc(Cl)s1)C(=O)c1cccc2cn[nH]c12. The van der Waals surface area contributed by atoms with Crippen LogP contribution in [0.15, 0.2) is 36.5 Å². The molecule has 0 spiro atoms. The van der Waals surface area contributed by atoms with Gasteiger partial charge in [0, 0.05) is 16.8 Å². The number of halogens is 1. The number of fused-ring (bicyclic) bond motifs is 1. The second-order valence-electron chi connectivity index (χ2n) is 4.66. The molecule has 0 fully saturated rings. The second kappa shape index (κ2) is 5.87. The third kappa shape index (κ3) is 2.80. The maximum atomic E-state index is 12.7. The number of nitrogens with one attached hydrogen (secondary N) is 1. The van der Waals surface area contributed by atoms with Crippen molar-refractivity contribution in [2.45, 2.75) is 13.5 Å². The highest BCUT2D eigenvalue weighted by Gasteiger charge is 2.18. The van der Waals surface area contributed by atoms with Gasteiger partial charge < -0.3 is 4.90 Å². The number of hydrogen-bond donors (Lipinski definition) is 1. The topological polar surface area (TPSA) is 49.0 Å². The molecule has 0 aliphatic carbocycles. The molecule has 0 radical (unpaired) electrons. The van der Waals surface area contributed by atoms with E-state index in [0.29, 0.717) is 18.7 Å². The van der Waals surface area contributed by atoms with Crippen molar-refractivity contribution in [1.29, 1.82) is 0 Å². The van der Waals surface area contributed by atoms with Crippen molar-refractivity contribution in [3.8, 4) is 0 Å². The monoisotopic (exact) mass is 319 g/mol. The van der Waals surface area contributed by atoms with Crippen LogP contribution in [0.2, 0.25) is 4.34 Å². The van der Waals surface area contributed by atoms with Crippen molar-refractivity contribution in [3.05, 3.63) is 51.3 Å². The minimum Gasteiger partial charge on any atom is -0.334 e.